The number of nitrogens with zero attached hydrogens (tertiary/aromatic N) is 3. The van der Waals surface area contributed by atoms with Crippen LogP contribution in [0.2, 0.25) is 0 Å². The van der Waals surface area contributed by atoms with E-state index in [0.717, 1.165) is 25.1 Å². The first kappa shape index (κ1) is 17.5. The number of halogens is 1. The first-order valence-electron chi connectivity index (χ1n) is 7.82. The van der Waals surface area contributed by atoms with Gasteiger partial charge in [-0.2, -0.15) is 5.10 Å². The van der Waals surface area contributed by atoms with E-state index in [2.05, 4.69) is 12.0 Å². The quantitative estimate of drug-likeness (QED) is 0.938. The van der Waals surface area contributed by atoms with Crippen molar-refractivity contribution < 1.29 is 4.79 Å². The lowest BCUT2D eigenvalue weighted by Gasteiger charge is -2.39. The Morgan fingerprint density at radius 3 is 2.78 bits per heavy atom. The molecule has 1 amide bonds. The van der Waals surface area contributed by atoms with Crippen LogP contribution < -0.4 is 5.73 Å². The van der Waals surface area contributed by atoms with Crippen molar-refractivity contribution in [3.63, 3.8) is 0 Å². The molecule has 6 heteroatoms. The molecule has 1 aromatic carbocycles. The lowest BCUT2D eigenvalue weighted by atomic mass is 9.90. The Balaban J connectivity index is 0.00000192. The first-order chi connectivity index (χ1) is 10.7. The number of amides is 1. The second kappa shape index (κ2) is 7.62. The molecular formula is C17H23ClN4O. The SMILES string of the molecule is CC1CCCN(C(=O)c2cnn(-c3ccccc3)c2)C1CN.Cl. The molecule has 2 heterocycles. The summed E-state index contributed by atoms with van der Waals surface area (Å²) in [5, 5.41) is 4.31. The number of benzene rings is 1. The van der Waals surface area contributed by atoms with Gasteiger partial charge in [0.1, 0.15) is 0 Å². The van der Waals surface area contributed by atoms with E-state index in [0.29, 0.717) is 18.0 Å². The lowest BCUT2D eigenvalue weighted by Crippen LogP contribution is -2.51. The second-order valence-corrected chi connectivity index (χ2v) is 5.93. The lowest BCUT2D eigenvalue weighted by molar-refractivity contribution is 0.0532. The van der Waals surface area contributed by atoms with Crippen LogP contribution in [-0.2, 0) is 0 Å². The second-order valence-electron chi connectivity index (χ2n) is 5.93. The van der Waals surface area contributed by atoms with Crippen LogP contribution in [0, 0.1) is 5.92 Å². The summed E-state index contributed by atoms with van der Waals surface area (Å²) in [5.41, 5.74) is 7.45. The van der Waals surface area contributed by atoms with Crippen molar-refractivity contribution in [1.82, 2.24) is 14.7 Å². The summed E-state index contributed by atoms with van der Waals surface area (Å²) in [7, 11) is 0. The van der Waals surface area contributed by atoms with Crippen LogP contribution in [0.15, 0.2) is 42.7 Å². The van der Waals surface area contributed by atoms with Crippen LogP contribution in [0.25, 0.3) is 5.69 Å². The fourth-order valence-electron chi connectivity index (χ4n) is 3.18. The molecule has 2 unspecified atom stereocenters. The zero-order valence-corrected chi connectivity index (χ0v) is 14.1. The maximum Gasteiger partial charge on any atom is 0.257 e. The summed E-state index contributed by atoms with van der Waals surface area (Å²) in [6, 6.07) is 9.92. The van der Waals surface area contributed by atoms with Crippen molar-refractivity contribution in [2.75, 3.05) is 13.1 Å². The normalized spacial score (nSPS) is 20.9. The van der Waals surface area contributed by atoms with Crippen LogP contribution in [0.5, 0.6) is 0 Å². The molecule has 0 bridgehead atoms. The van der Waals surface area contributed by atoms with E-state index in [1.54, 1.807) is 17.1 Å². The molecule has 1 aliphatic heterocycles. The van der Waals surface area contributed by atoms with Gasteiger partial charge in [0.2, 0.25) is 0 Å². The maximum atomic E-state index is 12.8. The molecule has 0 spiro atoms. The summed E-state index contributed by atoms with van der Waals surface area (Å²) in [5.74, 6) is 0.482. The van der Waals surface area contributed by atoms with Gasteiger partial charge in [0.05, 0.1) is 17.4 Å². The molecule has 1 saturated heterocycles. The van der Waals surface area contributed by atoms with E-state index in [1.807, 2.05) is 35.2 Å². The first-order valence-corrected chi connectivity index (χ1v) is 7.82. The standard InChI is InChI=1S/C17H22N4O.ClH/c1-13-6-5-9-20(16(13)10-18)17(22)14-11-19-21(12-14)15-7-3-2-4-8-15;/h2-4,7-8,11-13,16H,5-6,9-10,18H2,1H3;1H. The molecule has 0 saturated carbocycles. The number of hydrogen-bond donors (Lipinski definition) is 1. The van der Waals surface area contributed by atoms with Crippen LogP contribution in [0.3, 0.4) is 0 Å². The van der Waals surface area contributed by atoms with Gasteiger partial charge < -0.3 is 10.6 Å². The number of aromatic nitrogens is 2. The van der Waals surface area contributed by atoms with Crippen LogP contribution in [-0.4, -0.2) is 39.7 Å². The molecular weight excluding hydrogens is 312 g/mol. The summed E-state index contributed by atoms with van der Waals surface area (Å²) in [6.45, 7) is 3.46. The van der Waals surface area contributed by atoms with Crippen molar-refractivity contribution in [2.45, 2.75) is 25.8 Å². The Morgan fingerprint density at radius 2 is 2.09 bits per heavy atom. The van der Waals surface area contributed by atoms with E-state index in [9.17, 15) is 4.79 Å². The third-order valence-electron chi connectivity index (χ3n) is 4.47. The van der Waals surface area contributed by atoms with Gasteiger partial charge in [-0.05, 0) is 30.9 Å². The van der Waals surface area contributed by atoms with Gasteiger partial charge in [0.15, 0.2) is 0 Å². The van der Waals surface area contributed by atoms with Gasteiger partial charge in [-0.3, -0.25) is 4.79 Å². The highest BCUT2D eigenvalue weighted by atomic mass is 35.5. The average molecular weight is 335 g/mol. The van der Waals surface area contributed by atoms with Crippen molar-refractivity contribution in [3.05, 3.63) is 48.3 Å². The Bertz CT molecular complexity index is 643. The Kier molecular flexibility index (Phi) is 5.80. The highest BCUT2D eigenvalue weighted by molar-refractivity contribution is 5.94. The number of carbonyl (C=O) groups excluding carboxylic acids is 1. The molecule has 23 heavy (non-hydrogen) atoms. The monoisotopic (exact) mass is 334 g/mol. The van der Waals surface area contributed by atoms with Gasteiger partial charge in [-0.1, -0.05) is 25.1 Å². The van der Waals surface area contributed by atoms with Crippen LogP contribution in [0.1, 0.15) is 30.1 Å². The van der Waals surface area contributed by atoms with E-state index in [-0.39, 0.29) is 24.4 Å². The fourth-order valence-corrected chi connectivity index (χ4v) is 3.18. The third kappa shape index (κ3) is 3.57. The largest absolute Gasteiger partial charge is 0.334 e. The Labute approximate surface area is 142 Å². The molecule has 0 aliphatic carbocycles. The Hall–Kier alpha value is -1.85. The van der Waals surface area contributed by atoms with Crippen LogP contribution >= 0.6 is 12.4 Å². The number of likely N-dealkylation sites (tertiary alicyclic amines) is 1. The maximum absolute atomic E-state index is 12.8. The predicted octanol–water partition coefficient (Wildman–Crippen LogP) is 2.49. The zero-order valence-electron chi connectivity index (χ0n) is 13.3. The highest BCUT2D eigenvalue weighted by Gasteiger charge is 2.31. The molecule has 0 radical (unpaired) electrons. The van der Waals surface area contributed by atoms with E-state index < -0.39 is 0 Å². The molecule has 1 fully saturated rings. The molecule has 2 N–H and O–H groups in total. The molecule has 5 nitrogen and oxygen atoms in total. The van der Waals surface area contributed by atoms with E-state index in [1.165, 1.54) is 0 Å². The summed E-state index contributed by atoms with van der Waals surface area (Å²) < 4.78 is 1.73. The number of hydrogen-bond acceptors (Lipinski definition) is 3. The summed E-state index contributed by atoms with van der Waals surface area (Å²) >= 11 is 0. The molecule has 1 aliphatic rings. The molecule has 124 valence electrons. The van der Waals surface area contributed by atoms with E-state index >= 15 is 0 Å². The number of carbonyl (C=O) groups is 1. The highest BCUT2D eigenvalue weighted by Crippen LogP contribution is 2.24. The zero-order chi connectivity index (χ0) is 15.5. The van der Waals surface area contributed by atoms with Gasteiger partial charge in [-0.25, -0.2) is 4.68 Å². The van der Waals surface area contributed by atoms with E-state index in [4.69, 9.17) is 5.73 Å². The number of para-hydroxylation sites is 1. The fraction of sp³-hybridized carbons (Fsp3) is 0.412. The minimum Gasteiger partial charge on any atom is -0.334 e. The molecule has 3 rings (SSSR count). The summed E-state index contributed by atoms with van der Waals surface area (Å²) in [4.78, 5) is 14.7. The topological polar surface area (TPSA) is 64.2 Å². The Morgan fingerprint density at radius 1 is 1.35 bits per heavy atom. The minimum absolute atomic E-state index is 0. The van der Waals surface area contributed by atoms with Crippen LogP contribution in [0.4, 0.5) is 0 Å². The smallest absolute Gasteiger partial charge is 0.257 e. The minimum atomic E-state index is 0. The van der Waals surface area contributed by atoms with Crippen molar-refractivity contribution in [3.8, 4) is 5.69 Å². The van der Waals surface area contributed by atoms with Crippen molar-refractivity contribution >= 4 is 18.3 Å². The average Bonchev–Trinajstić information content (AvgIpc) is 3.05. The summed E-state index contributed by atoms with van der Waals surface area (Å²) in [6.07, 6.45) is 5.61. The van der Waals surface area contributed by atoms with Crippen molar-refractivity contribution in [2.24, 2.45) is 11.7 Å². The van der Waals surface area contributed by atoms with Gasteiger partial charge >= 0.3 is 0 Å². The molecule has 1 aromatic heterocycles. The molecule has 2 aromatic rings. The predicted molar refractivity (Wildman–Crippen MR) is 93.1 cm³/mol. The van der Waals surface area contributed by atoms with Gasteiger partial charge in [0, 0.05) is 25.3 Å². The van der Waals surface area contributed by atoms with Gasteiger partial charge in [-0.15, -0.1) is 12.4 Å². The molecule has 2 atom stereocenters. The number of rotatable bonds is 3. The third-order valence-corrected chi connectivity index (χ3v) is 4.47. The van der Waals surface area contributed by atoms with Crippen molar-refractivity contribution in [1.29, 1.82) is 0 Å². The van der Waals surface area contributed by atoms with Gasteiger partial charge in [0.25, 0.3) is 5.91 Å². The number of piperidine rings is 1. The number of nitrogens with two attached hydrogens (primary N) is 1.